The van der Waals surface area contributed by atoms with Crippen LogP contribution in [0.15, 0.2) is 48.5 Å². The molecule has 0 saturated carbocycles. The second-order valence-electron chi connectivity index (χ2n) is 9.91. The van der Waals surface area contributed by atoms with Gasteiger partial charge in [-0.05, 0) is 73.6 Å². The van der Waals surface area contributed by atoms with Crippen LogP contribution in [0.4, 0.5) is 11.4 Å². The Balaban J connectivity index is 1.29. The van der Waals surface area contributed by atoms with Gasteiger partial charge in [0.25, 0.3) is 0 Å². The van der Waals surface area contributed by atoms with E-state index in [0.29, 0.717) is 48.8 Å². The highest BCUT2D eigenvalue weighted by Crippen LogP contribution is 2.22. The standard InChI is InChI=1S/C30H36N4O4S2/c1-39-19-27(35)33-17-3-5-25(33)29(37)31-23-13-9-21(10-14-23)7-8-22-11-15-24(16-12-22)32-30(38)26-6-4-18-34(26)28(36)20-40-2/h7-16,25-26H,3-6,17-20H2,1-2H3,(H,31,37)(H,32,38)/b8-7+. The van der Waals surface area contributed by atoms with Gasteiger partial charge in [0.15, 0.2) is 0 Å². The summed E-state index contributed by atoms with van der Waals surface area (Å²) in [6, 6.07) is 14.3. The van der Waals surface area contributed by atoms with Crippen molar-refractivity contribution in [2.45, 2.75) is 37.8 Å². The van der Waals surface area contributed by atoms with E-state index >= 15 is 0 Å². The Morgan fingerprint density at radius 3 is 1.43 bits per heavy atom. The first-order valence-corrected chi connectivity index (χ1v) is 16.2. The van der Waals surface area contributed by atoms with Crippen LogP contribution in [0.25, 0.3) is 12.2 Å². The van der Waals surface area contributed by atoms with Crippen LogP contribution in [0.1, 0.15) is 36.8 Å². The fraction of sp³-hybridized carbons (Fsp3) is 0.400. The third-order valence-electron chi connectivity index (χ3n) is 7.11. The smallest absolute Gasteiger partial charge is 0.247 e. The molecule has 2 atom stereocenters. The van der Waals surface area contributed by atoms with Gasteiger partial charge in [-0.2, -0.15) is 23.5 Å². The normalized spacial score (nSPS) is 18.8. The van der Waals surface area contributed by atoms with E-state index < -0.39 is 12.1 Å². The number of benzene rings is 2. The second-order valence-corrected chi connectivity index (χ2v) is 11.6. The van der Waals surface area contributed by atoms with Crippen molar-refractivity contribution in [3.05, 3.63) is 59.7 Å². The highest BCUT2D eigenvalue weighted by Gasteiger charge is 2.34. The number of hydrogen-bond acceptors (Lipinski definition) is 6. The zero-order valence-corrected chi connectivity index (χ0v) is 24.6. The van der Waals surface area contributed by atoms with Gasteiger partial charge in [0.2, 0.25) is 23.6 Å². The largest absolute Gasteiger partial charge is 0.330 e. The Bertz CT molecular complexity index is 1140. The predicted octanol–water partition coefficient (Wildman–Crippen LogP) is 4.44. The Morgan fingerprint density at radius 2 is 1.07 bits per heavy atom. The van der Waals surface area contributed by atoms with Crippen molar-refractivity contribution in [2.75, 3.05) is 47.7 Å². The van der Waals surface area contributed by atoms with Crippen molar-refractivity contribution < 1.29 is 19.2 Å². The maximum absolute atomic E-state index is 12.8. The van der Waals surface area contributed by atoms with Gasteiger partial charge in [-0.3, -0.25) is 19.2 Å². The lowest BCUT2D eigenvalue weighted by molar-refractivity contribution is -0.134. The summed E-state index contributed by atoms with van der Waals surface area (Å²) >= 11 is 2.94. The third kappa shape index (κ3) is 7.69. The molecule has 2 aliphatic heterocycles. The molecule has 0 spiro atoms. The van der Waals surface area contributed by atoms with E-state index in [1.54, 1.807) is 9.80 Å². The molecule has 0 radical (unpaired) electrons. The molecule has 4 amide bonds. The van der Waals surface area contributed by atoms with Gasteiger partial charge >= 0.3 is 0 Å². The molecular weight excluding hydrogens is 544 g/mol. The first-order valence-electron chi connectivity index (χ1n) is 13.5. The van der Waals surface area contributed by atoms with Crippen LogP contribution < -0.4 is 10.6 Å². The number of hydrogen-bond donors (Lipinski definition) is 2. The topological polar surface area (TPSA) is 98.8 Å². The molecule has 0 aromatic heterocycles. The Labute approximate surface area is 244 Å². The van der Waals surface area contributed by atoms with Crippen LogP contribution >= 0.6 is 23.5 Å². The van der Waals surface area contributed by atoms with E-state index in [-0.39, 0.29) is 23.6 Å². The zero-order valence-electron chi connectivity index (χ0n) is 22.9. The summed E-state index contributed by atoms with van der Waals surface area (Å²) < 4.78 is 0. The minimum Gasteiger partial charge on any atom is -0.330 e. The molecule has 4 rings (SSSR count). The van der Waals surface area contributed by atoms with Gasteiger partial charge in [-0.1, -0.05) is 36.4 Å². The van der Waals surface area contributed by atoms with E-state index in [2.05, 4.69) is 10.6 Å². The van der Waals surface area contributed by atoms with Crippen LogP contribution in [-0.4, -0.2) is 82.6 Å². The molecule has 0 bridgehead atoms. The lowest BCUT2D eigenvalue weighted by Gasteiger charge is -2.23. The number of likely N-dealkylation sites (tertiary alicyclic amines) is 2. The summed E-state index contributed by atoms with van der Waals surface area (Å²) in [6.07, 6.45) is 10.8. The molecular formula is C30H36N4O4S2. The van der Waals surface area contributed by atoms with Gasteiger partial charge in [0, 0.05) is 24.5 Å². The molecule has 0 aliphatic carbocycles. The summed E-state index contributed by atoms with van der Waals surface area (Å²) in [5.74, 6) is 0.521. The number of carbonyl (C=O) groups is 4. The molecule has 2 unspecified atom stereocenters. The van der Waals surface area contributed by atoms with E-state index in [1.807, 2.05) is 73.2 Å². The van der Waals surface area contributed by atoms with E-state index in [4.69, 9.17) is 0 Å². The predicted molar refractivity (Wildman–Crippen MR) is 165 cm³/mol. The molecule has 2 N–H and O–H groups in total. The molecule has 2 aliphatic rings. The number of carbonyl (C=O) groups excluding carboxylic acids is 4. The van der Waals surface area contributed by atoms with Crippen molar-refractivity contribution in [2.24, 2.45) is 0 Å². The SMILES string of the molecule is CSCC(=O)N1CCCC1C(=O)Nc1ccc(/C=C/c2ccc(NC(=O)C3CCCN3C(=O)CSC)cc2)cc1. The molecule has 2 aromatic rings. The number of amides is 4. The van der Waals surface area contributed by atoms with E-state index in [0.717, 1.165) is 24.0 Å². The number of nitrogens with zero attached hydrogens (tertiary/aromatic N) is 2. The summed E-state index contributed by atoms with van der Waals surface area (Å²) in [5.41, 5.74) is 3.35. The number of nitrogens with one attached hydrogen (secondary N) is 2. The van der Waals surface area contributed by atoms with Crippen molar-refractivity contribution in [3.63, 3.8) is 0 Å². The fourth-order valence-electron chi connectivity index (χ4n) is 5.09. The number of anilines is 2. The van der Waals surface area contributed by atoms with Gasteiger partial charge in [-0.25, -0.2) is 0 Å². The van der Waals surface area contributed by atoms with Crippen molar-refractivity contribution >= 4 is 70.7 Å². The van der Waals surface area contributed by atoms with Crippen LogP contribution in [-0.2, 0) is 19.2 Å². The molecule has 212 valence electrons. The van der Waals surface area contributed by atoms with Gasteiger partial charge < -0.3 is 20.4 Å². The number of thioether (sulfide) groups is 2. The third-order valence-corrected chi connectivity index (χ3v) is 8.18. The summed E-state index contributed by atoms with van der Waals surface area (Å²) in [5, 5.41) is 5.90. The Hall–Kier alpha value is -3.24. The molecule has 10 heteroatoms. The van der Waals surface area contributed by atoms with Crippen molar-refractivity contribution in [1.82, 2.24) is 9.80 Å². The maximum atomic E-state index is 12.8. The van der Waals surface area contributed by atoms with Crippen LogP contribution in [0.2, 0.25) is 0 Å². The Morgan fingerprint density at radius 1 is 0.700 bits per heavy atom. The lowest BCUT2D eigenvalue weighted by Crippen LogP contribution is -2.43. The average Bonchev–Trinajstić information content (AvgIpc) is 3.64. The van der Waals surface area contributed by atoms with Gasteiger partial charge in [0.05, 0.1) is 11.5 Å². The molecule has 8 nitrogen and oxygen atoms in total. The summed E-state index contributed by atoms with van der Waals surface area (Å²) in [7, 11) is 0. The molecule has 2 aromatic carbocycles. The summed E-state index contributed by atoms with van der Waals surface area (Å²) in [6.45, 7) is 1.26. The van der Waals surface area contributed by atoms with Crippen LogP contribution in [0, 0.1) is 0 Å². The first kappa shape index (κ1) is 29.7. The first-order chi connectivity index (χ1) is 19.4. The Kier molecular flexibility index (Phi) is 10.7. The number of rotatable bonds is 10. The maximum Gasteiger partial charge on any atom is 0.247 e. The van der Waals surface area contributed by atoms with Crippen LogP contribution in [0.5, 0.6) is 0 Å². The highest BCUT2D eigenvalue weighted by atomic mass is 32.2. The quantitative estimate of drug-likeness (QED) is 0.403. The van der Waals surface area contributed by atoms with E-state index in [1.165, 1.54) is 23.5 Å². The second kappa shape index (κ2) is 14.4. The molecule has 2 heterocycles. The average molecular weight is 581 g/mol. The lowest BCUT2D eigenvalue weighted by atomic mass is 10.1. The minimum absolute atomic E-state index is 0.0136. The van der Waals surface area contributed by atoms with Gasteiger partial charge in [0.1, 0.15) is 12.1 Å². The molecule has 2 saturated heterocycles. The van der Waals surface area contributed by atoms with Crippen molar-refractivity contribution in [1.29, 1.82) is 0 Å². The van der Waals surface area contributed by atoms with Crippen molar-refractivity contribution in [3.8, 4) is 0 Å². The molecule has 40 heavy (non-hydrogen) atoms. The minimum atomic E-state index is -0.410. The zero-order chi connectivity index (χ0) is 28.5. The highest BCUT2D eigenvalue weighted by molar-refractivity contribution is 7.99. The van der Waals surface area contributed by atoms with E-state index in [9.17, 15) is 19.2 Å². The molecule has 2 fully saturated rings. The summed E-state index contributed by atoms with van der Waals surface area (Å²) in [4.78, 5) is 53.6. The van der Waals surface area contributed by atoms with Crippen LogP contribution in [0.3, 0.4) is 0 Å². The van der Waals surface area contributed by atoms with Gasteiger partial charge in [-0.15, -0.1) is 0 Å². The fourth-order valence-corrected chi connectivity index (χ4v) is 5.91. The monoisotopic (exact) mass is 580 g/mol.